The van der Waals surface area contributed by atoms with Crippen molar-refractivity contribution in [1.82, 2.24) is 13.9 Å². The lowest BCUT2D eigenvalue weighted by Gasteiger charge is -2.39. The van der Waals surface area contributed by atoms with Crippen LogP contribution in [0.15, 0.2) is 0 Å². The highest BCUT2D eigenvalue weighted by molar-refractivity contribution is 7.86. The molecule has 6 heteroatoms. The third-order valence-electron chi connectivity index (χ3n) is 3.95. The van der Waals surface area contributed by atoms with Crippen LogP contribution in [0, 0.1) is 5.92 Å². The van der Waals surface area contributed by atoms with Crippen molar-refractivity contribution in [2.24, 2.45) is 5.92 Å². The Balaban J connectivity index is 2.79. The van der Waals surface area contributed by atoms with E-state index in [2.05, 4.69) is 12.2 Å². The van der Waals surface area contributed by atoms with Crippen molar-refractivity contribution in [1.29, 1.82) is 0 Å². The minimum Gasteiger partial charge on any atom is -0.317 e. The molecule has 1 saturated heterocycles. The summed E-state index contributed by atoms with van der Waals surface area (Å²) in [5, 5.41) is 3.30. The first-order valence-corrected chi connectivity index (χ1v) is 8.33. The summed E-state index contributed by atoms with van der Waals surface area (Å²) in [7, 11) is -1.30. The second-order valence-corrected chi connectivity index (χ2v) is 6.73. The van der Waals surface area contributed by atoms with Crippen LogP contribution in [0.4, 0.5) is 0 Å². The summed E-state index contributed by atoms with van der Waals surface area (Å²) in [4.78, 5) is 0. The van der Waals surface area contributed by atoms with Gasteiger partial charge in [-0.05, 0) is 19.4 Å². The van der Waals surface area contributed by atoms with E-state index in [0.29, 0.717) is 38.1 Å². The van der Waals surface area contributed by atoms with Crippen molar-refractivity contribution in [3.63, 3.8) is 0 Å². The van der Waals surface area contributed by atoms with Crippen molar-refractivity contribution in [3.8, 4) is 0 Å². The van der Waals surface area contributed by atoms with Crippen LogP contribution in [0.1, 0.15) is 33.6 Å². The molecule has 1 fully saturated rings. The molecule has 2 atom stereocenters. The number of piperidine rings is 1. The van der Waals surface area contributed by atoms with E-state index in [0.717, 1.165) is 12.8 Å². The van der Waals surface area contributed by atoms with Gasteiger partial charge in [-0.2, -0.15) is 17.0 Å². The van der Waals surface area contributed by atoms with Crippen molar-refractivity contribution in [2.45, 2.75) is 39.7 Å². The Morgan fingerprint density at radius 1 is 1.28 bits per heavy atom. The zero-order chi connectivity index (χ0) is 13.8. The smallest absolute Gasteiger partial charge is 0.281 e. The lowest BCUT2D eigenvalue weighted by atomic mass is 9.91. The molecule has 1 rings (SSSR count). The van der Waals surface area contributed by atoms with Crippen molar-refractivity contribution < 1.29 is 8.42 Å². The largest absolute Gasteiger partial charge is 0.317 e. The summed E-state index contributed by atoms with van der Waals surface area (Å²) in [6.07, 6.45) is 1.91. The minimum absolute atomic E-state index is 0.411. The lowest BCUT2D eigenvalue weighted by molar-refractivity contribution is 0.199. The summed E-state index contributed by atoms with van der Waals surface area (Å²) in [5.74, 6) is 0.411. The highest BCUT2D eigenvalue weighted by Gasteiger charge is 2.35. The summed E-state index contributed by atoms with van der Waals surface area (Å²) >= 11 is 0. The second kappa shape index (κ2) is 6.84. The predicted octanol–water partition coefficient (Wildman–Crippen LogP) is 0.893. The molecule has 0 spiro atoms. The molecule has 1 N–H and O–H groups in total. The van der Waals surface area contributed by atoms with Gasteiger partial charge in [-0.15, -0.1) is 0 Å². The molecule has 2 unspecified atom stereocenters. The van der Waals surface area contributed by atoms with Crippen LogP contribution >= 0.6 is 0 Å². The van der Waals surface area contributed by atoms with Gasteiger partial charge in [-0.3, -0.25) is 0 Å². The fraction of sp³-hybridized carbons (Fsp3) is 1.00. The maximum atomic E-state index is 12.4. The van der Waals surface area contributed by atoms with Gasteiger partial charge in [0.1, 0.15) is 0 Å². The fourth-order valence-corrected chi connectivity index (χ4v) is 4.41. The van der Waals surface area contributed by atoms with Crippen LogP contribution in [-0.4, -0.2) is 56.3 Å². The summed E-state index contributed by atoms with van der Waals surface area (Å²) in [5.41, 5.74) is 0. The van der Waals surface area contributed by atoms with Gasteiger partial charge < -0.3 is 5.32 Å². The summed E-state index contributed by atoms with van der Waals surface area (Å²) in [6.45, 7) is 8.25. The van der Waals surface area contributed by atoms with Crippen molar-refractivity contribution >= 4 is 10.2 Å². The molecule has 18 heavy (non-hydrogen) atoms. The lowest BCUT2D eigenvalue weighted by Crippen LogP contribution is -2.53. The first kappa shape index (κ1) is 15.9. The number of nitrogens with one attached hydrogen (secondary N) is 1. The molecule has 0 aromatic rings. The number of hydrogen-bond acceptors (Lipinski definition) is 3. The van der Waals surface area contributed by atoms with E-state index in [1.807, 2.05) is 20.9 Å². The van der Waals surface area contributed by atoms with Gasteiger partial charge in [0.2, 0.25) is 0 Å². The van der Waals surface area contributed by atoms with Crippen LogP contribution in [0.3, 0.4) is 0 Å². The van der Waals surface area contributed by atoms with Crippen molar-refractivity contribution in [3.05, 3.63) is 0 Å². The molecular weight excluding hydrogens is 250 g/mol. The molecule has 5 nitrogen and oxygen atoms in total. The van der Waals surface area contributed by atoms with Gasteiger partial charge in [0.15, 0.2) is 0 Å². The van der Waals surface area contributed by atoms with E-state index >= 15 is 0 Å². The fourth-order valence-electron chi connectivity index (χ4n) is 2.72. The average Bonchev–Trinajstić information content (AvgIpc) is 2.38. The standard InChI is InChI=1S/C12H27N3O2S/c1-5-11-10-15(9-8-12(11)13-4)18(16,17)14(6-2)7-3/h11-13H,5-10H2,1-4H3. The van der Waals surface area contributed by atoms with E-state index in [9.17, 15) is 8.42 Å². The molecule has 0 aliphatic carbocycles. The third-order valence-corrected chi connectivity index (χ3v) is 6.10. The monoisotopic (exact) mass is 277 g/mol. The van der Waals surface area contributed by atoms with Crippen LogP contribution < -0.4 is 5.32 Å². The Hall–Kier alpha value is -0.170. The third kappa shape index (κ3) is 3.23. The second-order valence-electron chi connectivity index (χ2n) is 4.80. The van der Waals surface area contributed by atoms with Crippen LogP contribution in [-0.2, 0) is 10.2 Å². The molecule has 1 aliphatic rings. The van der Waals surface area contributed by atoms with E-state index < -0.39 is 10.2 Å². The molecule has 0 bridgehead atoms. The quantitative estimate of drug-likeness (QED) is 0.784. The van der Waals surface area contributed by atoms with Gasteiger partial charge in [0.05, 0.1) is 0 Å². The molecule has 1 aliphatic heterocycles. The van der Waals surface area contributed by atoms with Gasteiger partial charge >= 0.3 is 0 Å². The first-order valence-electron chi connectivity index (χ1n) is 6.93. The topological polar surface area (TPSA) is 52.7 Å². The maximum absolute atomic E-state index is 12.4. The maximum Gasteiger partial charge on any atom is 0.281 e. The Labute approximate surface area is 112 Å². The normalized spacial score (nSPS) is 26.7. The average molecular weight is 277 g/mol. The molecule has 0 aromatic heterocycles. The first-order chi connectivity index (χ1) is 8.51. The molecule has 1 heterocycles. The highest BCUT2D eigenvalue weighted by atomic mass is 32.2. The molecule has 0 aromatic carbocycles. The zero-order valence-corrected chi connectivity index (χ0v) is 12.8. The van der Waals surface area contributed by atoms with Crippen LogP contribution in [0.2, 0.25) is 0 Å². The summed E-state index contributed by atoms with van der Waals surface area (Å²) in [6, 6.07) is 0.443. The van der Waals surface area contributed by atoms with Crippen LogP contribution in [0.5, 0.6) is 0 Å². The molecule has 108 valence electrons. The van der Waals surface area contributed by atoms with E-state index in [4.69, 9.17) is 0 Å². The highest BCUT2D eigenvalue weighted by Crippen LogP contribution is 2.23. The minimum atomic E-state index is -3.26. The number of nitrogens with zero attached hydrogens (tertiary/aromatic N) is 2. The predicted molar refractivity (Wildman–Crippen MR) is 74.7 cm³/mol. The molecule has 0 amide bonds. The van der Waals surface area contributed by atoms with E-state index in [1.54, 1.807) is 8.61 Å². The molecular formula is C12H27N3O2S. The SMILES string of the molecule is CCC1CN(S(=O)(=O)N(CC)CC)CCC1NC. The Morgan fingerprint density at radius 3 is 2.33 bits per heavy atom. The Morgan fingerprint density at radius 2 is 1.89 bits per heavy atom. The van der Waals surface area contributed by atoms with E-state index in [1.165, 1.54) is 0 Å². The molecule has 0 radical (unpaired) electrons. The number of rotatable bonds is 6. The molecule has 0 saturated carbocycles. The van der Waals surface area contributed by atoms with E-state index in [-0.39, 0.29) is 0 Å². The van der Waals surface area contributed by atoms with Crippen LogP contribution in [0.25, 0.3) is 0 Å². The number of hydrogen-bond donors (Lipinski definition) is 1. The van der Waals surface area contributed by atoms with Gasteiger partial charge in [0, 0.05) is 32.2 Å². The van der Waals surface area contributed by atoms with Gasteiger partial charge in [0.25, 0.3) is 10.2 Å². The summed E-state index contributed by atoms with van der Waals surface area (Å²) < 4.78 is 28.1. The van der Waals surface area contributed by atoms with Gasteiger partial charge in [-0.25, -0.2) is 0 Å². The zero-order valence-electron chi connectivity index (χ0n) is 12.0. The Bertz CT molecular complexity index is 341. The van der Waals surface area contributed by atoms with Gasteiger partial charge in [-0.1, -0.05) is 27.2 Å². The Kier molecular flexibility index (Phi) is 6.04. The van der Waals surface area contributed by atoms with Crippen molar-refractivity contribution in [2.75, 3.05) is 33.2 Å².